The lowest BCUT2D eigenvalue weighted by atomic mass is 10.0. The monoisotopic (exact) mass is 512 g/mol. The van der Waals surface area contributed by atoms with Crippen LogP contribution in [0.15, 0.2) is 54.2 Å². The lowest BCUT2D eigenvalue weighted by Gasteiger charge is -2.36. The van der Waals surface area contributed by atoms with Gasteiger partial charge in [0, 0.05) is 29.9 Å². The number of anilines is 1. The van der Waals surface area contributed by atoms with E-state index in [0.29, 0.717) is 11.7 Å². The van der Waals surface area contributed by atoms with Gasteiger partial charge in [-0.25, -0.2) is 9.78 Å². The summed E-state index contributed by atoms with van der Waals surface area (Å²) in [7, 11) is -2.00. The van der Waals surface area contributed by atoms with Crippen LogP contribution in [0.25, 0.3) is 22.4 Å². The third-order valence-corrected chi connectivity index (χ3v) is 11.5. The molecular weight excluding hydrogens is 480 g/mol. The molecule has 3 N–H and O–H groups in total. The Balaban J connectivity index is 1.67. The van der Waals surface area contributed by atoms with Crippen molar-refractivity contribution in [3.8, 4) is 22.4 Å². The molecule has 0 saturated heterocycles. The third kappa shape index (κ3) is 7.20. The summed E-state index contributed by atoms with van der Waals surface area (Å²) in [6.45, 7) is 10.9. The zero-order valence-electron chi connectivity index (χ0n) is 20.7. The molecule has 1 unspecified atom stereocenters. The van der Waals surface area contributed by atoms with Crippen LogP contribution in [-0.2, 0) is 9.22 Å². The molecule has 1 aromatic carbocycles. The van der Waals surface area contributed by atoms with Gasteiger partial charge < -0.3 is 20.2 Å². The molecule has 0 spiro atoms. The Morgan fingerprint density at radius 1 is 1.11 bits per heavy atom. The summed E-state index contributed by atoms with van der Waals surface area (Å²) in [6.07, 6.45) is 2.47. The molecular formula is C25H32N4O4SSi. The molecule has 8 nitrogen and oxygen atoms in total. The number of hydrogen-bond acceptors (Lipinski definition) is 6. The Labute approximate surface area is 210 Å². The van der Waals surface area contributed by atoms with Gasteiger partial charge in [-0.2, -0.15) is 0 Å². The Kier molecular flexibility index (Phi) is 8.41. The van der Waals surface area contributed by atoms with Gasteiger partial charge in [-0.05, 0) is 53.9 Å². The Morgan fingerprint density at radius 3 is 2.46 bits per heavy atom. The van der Waals surface area contributed by atoms with Crippen LogP contribution in [0.1, 0.15) is 27.2 Å². The number of pyridine rings is 1. The second-order valence-electron chi connectivity index (χ2n) is 9.74. The van der Waals surface area contributed by atoms with Crippen LogP contribution >= 0.6 is 11.3 Å². The van der Waals surface area contributed by atoms with Gasteiger partial charge in [0.2, 0.25) is 5.91 Å². The molecule has 0 radical (unpaired) electrons. The maximum Gasteiger partial charge on any atom is 0.405 e. The van der Waals surface area contributed by atoms with E-state index in [1.807, 2.05) is 41.8 Å². The zero-order chi connectivity index (χ0) is 25.6. The highest BCUT2D eigenvalue weighted by atomic mass is 32.1. The normalized spacial score (nSPS) is 12.7. The Hall–Kier alpha value is -3.08. The number of nitrogens with one attached hydrogen (secondary N) is 2. The van der Waals surface area contributed by atoms with Gasteiger partial charge in [0.1, 0.15) is 6.04 Å². The molecule has 1 atom stereocenters. The number of rotatable bonds is 9. The number of carboxylic acid groups (broad SMARTS) is 1. The van der Waals surface area contributed by atoms with Crippen LogP contribution in [0, 0.1) is 0 Å². The zero-order valence-corrected chi connectivity index (χ0v) is 22.5. The number of carbonyl (C=O) groups is 2. The molecule has 0 fully saturated rings. The van der Waals surface area contributed by atoms with Crippen LogP contribution in [0.4, 0.5) is 9.93 Å². The van der Waals surface area contributed by atoms with Gasteiger partial charge in [0.05, 0.1) is 5.69 Å². The molecule has 2 heterocycles. The molecule has 186 valence electrons. The van der Waals surface area contributed by atoms with E-state index in [1.54, 1.807) is 12.4 Å². The van der Waals surface area contributed by atoms with Gasteiger partial charge in [-0.1, -0.05) is 39.0 Å². The van der Waals surface area contributed by atoms with Crippen molar-refractivity contribution >= 4 is 36.8 Å². The highest BCUT2D eigenvalue weighted by Crippen LogP contribution is 2.36. The van der Waals surface area contributed by atoms with E-state index in [0.717, 1.165) is 22.4 Å². The van der Waals surface area contributed by atoms with Crippen molar-refractivity contribution < 1.29 is 19.1 Å². The summed E-state index contributed by atoms with van der Waals surface area (Å²) < 4.78 is 6.12. The van der Waals surface area contributed by atoms with Gasteiger partial charge in [0.25, 0.3) is 0 Å². The molecule has 2 amide bonds. The smallest absolute Gasteiger partial charge is 0.405 e. The predicted molar refractivity (Wildman–Crippen MR) is 142 cm³/mol. The SMILES string of the molecule is CC(C)(C)[Si](C)(C)OCCC(NC(=O)O)C(=O)Nc1nc(-c2cccc(-c3ccncc3)c2)cs1. The summed E-state index contributed by atoms with van der Waals surface area (Å²) in [6, 6.07) is 10.9. The minimum absolute atomic E-state index is 0.0248. The van der Waals surface area contributed by atoms with Crippen molar-refractivity contribution in [2.45, 2.75) is 51.4 Å². The number of carbonyl (C=O) groups excluding carboxylic acids is 1. The fraction of sp³-hybridized carbons (Fsp3) is 0.360. The predicted octanol–water partition coefficient (Wildman–Crippen LogP) is 5.86. The van der Waals surface area contributed by atoms with Crippen molar-refractivity contribution in [1.82, 2.24) is 15.3 Å². The first-order chi connectivity index (χ1) is 16.5. The summed E-state index contributed by atoms with van der Waals surface area (Å²) in [5.41, 5.74) is 3.73. The second kappa shape index (κ2) is 11.1. The number of nitrogens with zero attached hydrogens (tertiary/aromatic N) is 2. The summed E-state index contributed by atoms with van der Waals surface area (Å²) >= 11 is 1.29. The van der Waals surface area contributed by atoms with Gasteiger partial charge in [-0.3, -0.25) is 9.78 Å². The average molecular weight is 513 g/mol. The van der Waals surface area contributed by atoms with Crippen molar-refractivity contribution in [2.75, 3.05) is 11.9 Å². The van der Waals surface area contributed by atoms with Crippen LogP contribution < -0.4 is 10.6 Å². The lowest BCUT2D eigenvalue weighted by Crippen LogP contribution is -2.46. The maximum atomic E-state index is 12.9. The molecule has 2 aromatic heterocycles. The summed E-state index contributed by atoms with van der Waals surface area (Å²) in [5.74, 6) is -0.460. The molecule has 3 rings (SSSR count). The molecule has 0 aliphatic carbocycles. The first-order valence-corrected chi connectivity index (χ1v) is 15.2. The minimum Gasteiger partial charge on any atom is -0.465 e. The second-order valence-corrected chi connectivity index (χ2v) is 15.4. The molecule has 35 heavy (non-hydrogen) atoms. The molecule has 0 aliphatic rings. The fourth-order valence-corrected chi connectivity index (χ4v) is 4.91. The number of thiazole rings is 1. The van der Waals surface area contributed by atoms with Crippen LogP contribution in [0.2, 0.25) is 18.1 Å². The molecule has 0 saturated carbocycles. The van der Waals surface area contributed by atoms with E-state index in [-0.39, 0.29) is 11.5 Å². The highest BCUT2D eigenvalue weighted by molar-refractivity contribution is 7.14. The quantitative estimate of drug-likeness (QED) is 0.310. The maximum absolute atomic E-state index is 12.9. The lowest BCUT2D eigenvalue weighted by molar-refractivity contribution is -0.118. The minimum atomic E-state index is -2.00. The Morgan fingerprint density at radius 2 is 1.80 bits per heavy atom. The largest absolute Gasteiger partial charge is 0.465 e. The highest BCUT2D eigenvalue weighted by Gasteiger charge is 2.37. The summed E-state index contributed by atoms with van der Waals surface area (Å²) in [4.78, 5) is 32.7. The average Bonchev–Trinajstić information content (AvgIpc) is 3.26. The number of aromatic nitrogens is 2. The van der Waals surface area contributed by atoms with Crippen LogP contribution in [-0.4, -0.2) is 48.0 Å². The van der Waals surface area contributed by atoms with Gasteiger partial charge in [0.15, 0.2) is 13.4 Å². The van der Waals surface area contributed by atoms with Crippen LogP contribution in [0.3, 0.4) is 0 Å². The van der Waals surface area contributed by atoms with Gasteiger partial charge >= 0.3 is 6.09 Å². The number of amides is 2. The van der Waals surface area contributed by atoms with E-state index in [2.05, 4.69) is 54.5 Å². The van der Waals surface area contributed by atoms with Crippen molar-refractivity contribution in [3.05, 3.63) is 54.2 Å². The van der Waals surface area contributed by atoms with E-state index in [1.165, 1.54) is 11.3 Å². The fourth-order valence-electron chi connectivity index (χ4n) is 3.12. The molecule has 0 bridgehead atoms. The first-order valence-electron chi connectivity index (χ1n) is 11.4. The third-order valence-electron chi connectivity index (χ3n) is 6.20. The molecule has 0 aliphatic heterocycles. The van der Waals surface area contributed by atoms with Crippen molar-refractivity contribution in [3.63, 3.8) is 0 Å². The standard InChI is InChI=1S/C25H32N4O4SSi/c1-25(2,3)35(4,5)33-14-11-20(28-24(31)32)22(30)29-23-27-21(16-34-23)19-8-6-7-18(15-19)17-9-12-26-13-10-17/h6-10,12-13,15-16,20,28H,11,14H2,1-5H3,(H,31,32)(H,27,29,30). The Bertz CT molecular complexity index is 1160. The van der Waals surface area contributed by atoms with E-state index >= 15 is 0 Å². The van der Waals surface area contributed by atoms with Crippen LogP contribution in [0.5, 0.6) is 0 Å². The van der Waals surface area contributed by atoms with E-state index < -0.39 is 26.4 Å². The number of hydrogen-bond donors (Lipinski definition) is 3. The molecule has 3 aromatic rings. The topological polar surface area (TPSA) is 113 Å². The molecule has 10 heteroatoms. The van der Waals surface area contributed by atoms with Crippen molar-refractivity contribution in [1.29, 1.82) is 0 Å². The number of benzene rings is 1. The van der Waals surface area contributed by atoms with E-state index in [9.17, 15) is 14.7 Å². The first kappa shape index (κ1) is 26.5. The van der Waals surface area contributed by atoms with Gasteiger partial charge in [-0.15, -0.1) is 11.3 Å². The van der Waals surface area contributed by atoms with Crippen molar-refractivity contribution in [2.24, 2.45) is 0 Å². The van der Waals surface area contributed by atoms with E-state index in [4.69, 9.17) is 4.43 Å². The summed E-state index contributed by atoms with van der Waals surface area (Å²) in [5, 5.41) is 16.6.